The summed E-state index contributed by atoms with van der Waals surface area (Å²) in [4.78, 5) is 43.1. The fourth-order valence-electron chi connectivity index (χ4n) is 4.02. The maximum atomic E-state index is 13.2. The molecule has 2 rings (SSSR count). The van der Waals surface area contributed by atoms with Crippen molar-refractivity contribution in [3.05, 3.63) is 0 Å². The number of amides is 3. The SMILES string of the molecule is CC(C)C(=O)N1CCC[C@@H](C(=O)N2CCC[C@H]2CN(C)C(=O)OC(C)(C)C)C1. The van der Waals surface area contributed by atoms with Crippen molar-refractivity contribution in [2.24, 2.45) is 11.8 Å². The summed E-state index contributed by atoms with van der Waals surface area (Å²) in [6.45, 7) is 11.8. The molecule has 2 fully saturated rings. The molecule has 0 saturated carbocycles. The molecule has 0 aliphatic carbocycles. The predicted octanol–water partition coefficient (Wildman–Crippen LogP) is 2.74. The minimum Gasteiger partial charge on any atom is -0.444 e. The number of rotatable bonds is 4. The number of carbonyl (C=O) groups excluding carboxylic acids is 3. The maximum absolute atomic E-state index is 13.2. The molecule has 3 amide bonds. The molecule has 0 unspecified atom stereocenters. The fourth-order valence-corrected chi connectivity index (χ4v) is 4.02. The van der Waals surface area contributed by atoms with Gasteiger partial charge < -0.3 is 19.4 Å². The molecule has 2 aliphatic rings. The molecule has 0 aromatic carbocycles. The molecule has 0 N–H and O–H groups in total. The summed E-state index contributed by atoms with van der Waals surface area (Å²) in [5.74, 6) is 0.0706. The van der Waals surface area contributed by atoms with Gasteiger partial charge in [0.05, 0.1) is 5.92 Å². The normalized spacial score (nSPS) is 23.1. The van der Waals surface area contributed by atoms with Crippen LogP contribution in [0.5, 0.6) is 0 Å². The smallest absolute Gasteiger partial charge is 0.410 e. The average molecular weight is 396 g/mol. The molecule has 0 spiro atoms. The zero-order valence-electron chi connectivity index (χ0n) is 18.4. The highest BCUT2D eigenvalue weighted by atomic mass is 16.6. The molecule has 0 aromatic rings. The van der Waals surface area contributed by atoms with Crippen LogP contribution >= 0.6 is 0 Å². The van der Waals surface area contributed by atoms with E-state index in [1.165, 1.54) is 0 Å². The van der Waals surface area contributed by atoms with Gasteiger partial charge >= 0.3 is 6.09 Å². The van der Waals surface area contributed by atoms with Crippen molar-refractivity contribution in [2.45, 2.75) is 71.9 Å². The van der Waals surface area contributed by atoms with E-state index in [0.717, 1.165) is 38.8 Å². The van der Waals surface area contributed by atoms with E-state index in [1.54, 1.807) is 11.9 Å². The zero-order valence-corrected chi connectivity index (χ0v) is 18.4. The van der Waals surface area contributed by atoms with Gasteiger partial charge in [0.2, 0.25) is 11.8 Å². The average Bonchev–Trinajstić information content (AvgIpc) is 3.07. The number of hydrogen-bond acceptors (Lipinski definition) is 4. The maximum Gasteiger partial charge on any atom is 0.410 e. The summed E-state index contributed by atoms with van der Waals surface area (Å²) >= 11 is 0. The van der Waals surface area contributed by atoms with Gasteiger partial charge in [-0.3, -0.25) is 9.59 Å². The fraction of sp³-hybridized carbons (Fsp3) is 0.857. The molecule has 2 aliphatic heterocycles. The van der Waals surface area contributed by atoms with Crippen molar-refractivity contribution in [1.29, 1.82) is 0 Å². The van der Waals surface area contributed by atoms with Crippen LogP contribution in [0.25, 0.3) is 0 Å². The van der Waals surface area contributed by atoms with Gasteiger partial charge in [0.25, 0.3) is 0 Å². The molecule has 160 valence electrons. The van der Waals surface area contributed by atoms with E-state index in [-0.39, 0.29) is 35.8 Å². The van der Waals surface area contributed by atoms with Crippen LogP contribution in [0.15, 0.2) is 0 Å². The Hall–Kier alpha value is -1.79. The number of nitrogens with zero attached hydrogens (tertiary/aromatic N) is 3. The van der Waals surface area contributed by atoms with Gasteiger partial charge in [0, 0.05) is 45.2 Å². The molecular formula is C21H37N3O4. The van der Waals surface area contributed by atoms with E-state index in [2.05, 4.69) is 0 Å². The molecule has 2 heterocycles. The van der Waals surface area contributed by atoms with E-state index in [0.29, 0.717) is 13.1 Å². The van der Waals surface area contributed by atoms with Crippen LogP contribution in [0, 0.1) is 11.8 Å². The Kier molecular flexibility index (Phi) is 7.34. The third kappa shape index (κ3) is 5.85. The van der Waals surface area contributed by atoms with E-state index in [9.17, 15) is 14.4 Å². The Balaban J connectivity index is 1.96. The summed E-state index contributed by atoms with van der Waals surface area (Å²) in [7, 11) is 1.72. The van der Waals surface area contributed by atoms with Crippen LogP contribution in [-0.2, 0) is 14.3 Å². The van der Waals surface area contributed by atoms with Crippen LogP contribution < -0.4 is 0 Å². The van der Waals surface area contributed by atoms with Gasteiger partial charge in [0.15, 0.2) is 0 Å². The number of likely N-dealkylation sites (N-methyl/N-ethyl adjacent to an activating group) is 1. The lowest BCUT2D eigenvalue weighted by molar-refractivity contribution is -0.143. The molecule has 7 nitrogen and oxygen atoms in total. The summed E-state index contributed by atoms with van der Waals surface area (Å²) < 4.78 is 5.42. The molecule has 0 radical (unpaired) electrons. The second kappa shape index (κ2) is 9.14. The van der Waals surface area contributed by atoms with Crippen molar-refractivity contribution in [3.8, 4) is 0 Å². The third-order valence-corrected chi connectivity index (χ3v) is 5.43. The van der Waals surface area contributed by atoms with Crippen molar-refractivity contribution < 1.29 is 19.1 Å². The van der Waals surface area contributed by atoms with Crippen molar-refractivity contribution in [1.82, 2.24) is 14.7 Å². The highest BCUT2D eigenvalue weighted by Crippen LogP contribution is 2.26. The summed E-state index contributed by atoms with van der Waals surface area (Å²) in [6.07, 6.45) is 3.16. The van der Waals surface area contributed by atoms with Gasteiger partial charge in [-0.05, 0) is 46.5 Å². The Morgan fingerprint density at radius 3 is 2.36 bits per heavy atom. The minimum atomic E-state index is -0.537. The molecule has 28 heavy (non-hydrogen) atoms. The first kappa shape index (κ1) is 22.5. The number of piperidine rings is 1. The van der Waals surface area contributed by atoms with E-state index >= 15 is 0 Å². The number of ether oxygens (including phenoxy) is 1. The Labute approximate surface area is 169 Å². The molecule has 7 heteroatoms. The largest absolute Gasteiger partial charge is 0.444 e. The molecular weight excluding hydrogens is 358 g/mol. The van der Waals surface area contributed by atoms with Crippen LogP contribution in [0.4, 0.5) is 4.79 Å². The predicted molar refractivity (Wildman–Crippen MR) is 108 cm³/mol. The van der Waals surface area contributed by atoms with Gasteiger partial charge in [-0.25, -0.2) is 4.79 Å². The monoisotopic (exact) mass is 395 g/mol. The van der Waals surface area contributed by atoms with E-state index in [1.807, 2.05) is 44.4 Å². The Bertz CT molecular complexity index is 585. The first-order chi connectivity index (χ1) is 13.0. The first-order valence-corrected chi connectivity index (χ1v) is 10.5. The topological polar surface area (TPSA) is 70.2 Å². The lowest BCUT2D eigenvalue weighted by atomic mass is 9.95. The number of carbonyl (C=O) groups is 3. The highest BCUT2D eigenvalue weighted by Gasteiger charge is 2.37. The number of hydrogen-bond donors (Lipinski definition) is 0. The van der Waals surface area contributed by atoms with Crippen molar-refractivity contribution >= 4 is 17.9 Å². The van der Waals surface area contributed by atoms with Crippen molar-refractivity contribution in [2.75, 3.05) is 33.2 Å². The van der Waals surface area contributed by atoms with Crippen LogP contribution in [0.2, 0.25) is 0 Å². The van der Waals surface area contributed by atoms with Crippen LogP contribution in [-0.4, -0.2) is 77.5 Å². The zero-order chi connectivity index (χ0) is 21.1. The van der Waals surface area contributed by atoms with Crippen LogP contribution in [0.1, 0.15) is 60.3 Å². The number of likely N-dealkylation sites (tertiary alicyclic amines) is 2. The van der Waals surface area contributed by atoms with Gasteiger partial charge in [-0.15, -0.1) is 0 Å². The van der Waals surface area contributed by atoms with Gasteiger partial charge in [-0.1, -0.05) is 13.8 Å². The quantitative estimate of drug-likeness (QED) is 0.734. The molecule has 2 atom stereocenters. The lowest BCUT2D eigenvalue weighted by Gasteiger charge is -2.37. The molecule has 0 bridgehead atoms. The van der Waals surface area contributed by atoms with Gasteiger partial charge in [0.1, 0.15) is 5.60 Å². The Morgan fingerprint density at radius 2 is 1.75 bits per heavy atom. The van der Waals surface area contributed by atoms with Crippen LogP contribution in [0.3, 0.4) is 0 Å². The molecule has 2 saturated heterocycles. The van der Waals surface area contributed by atoms with E-state index < -0.39 is 5.60 Å². The van der Waals surface area contributed by atoms with E-state index in [4.69, 9.17) is 4.74 Å². The van der Waals surface area contributed by atoms with Crippen molar-refractivity contribution in [3.63, 3.8) is 0 Å². The standard InChI is InChI=1S/C21H37N3O4/c1-15(2)18(25)23-11-7-9-16(13-23)19(26)24-12-8-10-17(24)14-22(6)20(27)28-21(3,4)5/h15-17H,7-14H2,1-6H3/t16-,17+/m1/s1. The second-order valence-corrected chi connectivity index (χ2v) is 9.47. The summed E-state index contributed by atoms with van der Waals surface area (Å²) in [6, 6.07) is 0.0150. The first-order valence-electron chi connectivity index (χ1n) is 10.5. The Morgan fingerprint density at radius 1 is 1.11 bits per heavy atom. The lowest BCUT2D eigenvalue weighted by Crippen LogP contribution is -2.51. The summed E-state index contributed by atoms with van der Waals surface area (Å²) in [5, 5.41) is 0. The van der Waals surface area contributed by atoms with Gasteiger partial charge in [-0.2, -0.15) is 0 Å². The molecule has 0 aromatic heterocycles. The second-order valence-electron chi connectivity index (χ2n) is 9.47. The summed E-state index contributed by atoms with van der Waals surface area (Å²) in [5.41, 5.74) is -0.537. The minimum absolute atomic E-state index is 0.0150. The third-order valence-electron chi connectivity index (χ3n) is 5.43. The highest BCUT2D eigenvalue weighted by molar-refractivity contribution is 5.82.